The Morgan fingerprint density at radius 1 is 1.23 bits per heavy atom. The van der Waals surface area contributed by atoms with Gasteiger partial charge in [0.25, 0.3) is 0 Å². The Labute approximate surface area is 178 Å². The van der Waals surface area contributed by atoms with E-state index < -0.39 is 18.0 Å². The number of carbonyl (C=O) groups is 2. The number of cyclic esters (lactones) is 1. The van der Waals surface area contributed by atoms with E-state index in [1.165, 1.54) is 23.5 Å². The molecular weight excluding hydrogens is 407 g/mol. The van der Waals surface area contributed by atoms with Crippen LogP contribution in [0.5, 0.6) is 0 Å². The molecule has 0 aromatic heterocycles. The molecule has 1 unspecified atom stereocenters. The van der Waals surface area contributed by atoms with Crippen molar-refractivity contribution < 1.29 is 23.5 Å². The summed E-state index contributed by atoms with van der Waals surface area (Å²) in [5.74, 6) is 1.31. The Balaban J connectivity index is 1.40. The first-order valence-corrected chi connectivity index (χ1v) is 11.0. The highest BCUT2D eigenvalue weighted by Gasteiger charge is 2.32. The number of thioether (sulfide) groups is 1. The van der Waals surface area contributed by atoms with Crippen molar-refractivity contribution in [1.82, 2.24) is 5.32 Å². The van der Waals surface area contributed by atoms with Crippen LogP contribution in [0, 0.1) is 5.82 Å². The van der Waals surface area contributed by atoms with E-state index in [-0.39, 0.29) is 19.0 Å². The van der Waals surface area contributed by atoms with E-state index in [2.05, 4.69) is 5.32 Å². The van der Waals surface area contributed by atoms with E-state index in [0.717, 1.165) is 23.7 Å². The molecule has 6 nitrogen and oxygen atoms in total. The third kappa shape index (κ3) is 5.12. The van der Waals surface area contributed by atoms with Crippen LogP contribution >= 0.6 is 11.8 Å². The monoisotopic (exact) mass is 430 g/mol. The Hall–Kier alpha value is -2.58. The van der Waals surface area contributed by atoms with E-state index in [1.54, 1.807) is 12.1 Å². The molecule has 2 atom stereocenters. The number of nitrogens with one attached hydrogen (secondary N) is 1. The Morgan fingerprint density at radius 3 is 2.67 bits per heavy atom. The van der Waals surface area contributed by atoms with E-state index >= 15 is 0 Å². The second-order valence-electron chi connectivity index (χ2n) is 7.39. The summed E-state index contributed by atoms with van der Waals surface area (Å²) in [6, 6.07) is 12.6. The number of halogens is 1. The predicted molar refractivity (Wildman–Crippen MR) is 114 cm³/mol. The largest absolute Gasteiger partial charge is 0.442 e. The summed E-state index contributed by atoms with van der Waals surface area (Å²) < 4.78 is 25.3. The SMILES string of the molecule is CC(=O)NC[C@H]1CN(c2ccc(-c3ccc(CSCC4CO4)cc3)c(F)c2)C(=O)O1. The summed E-state index contributed by atoms with van der Waals surface area (Å²) in [5.41, 5.74) is 2.88. The van der Waals surface area contributed by atoms with Crippen molar-refractivity contribution in [2.75, 3.05) is 30.3 Å². The maximum Gasteiger partial charge on any atom is 0.414 e. The summed E-state index contributed by atoms with van der Waals surface area (Å²) in [7, 11) is 0. The van der Waals surface area contributed by atoms with Crippen LogP contribution in [0.15, 0.2) is 42.5 Å². The molecule has 2 amide bonds. The predicted octanol–water partition coefficient (Wildman–Crippen LogP) is 3.59. The lowest BCUT2D eigenvalue weighted by Gasteiger charge is -2.14. The molecule has 0 saturated carbocycles. The first-order valence-electron chi connectivity index (χ1n) is 9.80. The Morgan fingerprint density at radius 2 is 2.00 bits per heavy atom. The zero-order valence-electron chi connectivity index (χ0n) is 16.6. The number of rotatable bonds is 8. The van der Waals surface area contributed by atoms with Crippen LogP contribution in [0.1, 0.15) is 12.5 Å². The smallest absolute Gasteiger partial charge is 0.414 e. The van der Waals surface area contributed by atoms with Crippen LogP contribution in [0.25, 0.3) is 11.1 Å². The summed E-state index contributed by atoms with van der Waals surface area (Å²) in [6.07, 6.45) is -0.590. The third-order valence-electron chi connectivity index (χ3n) is 4.96. The average molecular weight is 431 g/mol. The first kappa shape index (κ1) is 20.7. The summed E-state index contributed by atoms with van der Waals surface area (Å²) in [6.45, 7) is 2.76. The number of epoxide rings is 1. The molecule has 1 N–H and O–H groups in total. The van der Waals surface area contributed by atoms with E-state index in [0.29, 0.717) is 17.4 Å². The lowest BCUT2D eigenvalue weighted by Crippen LogP contribution is -2.33. The molecule has 0 bridgehead atoms. The molecule has 4 rings (SSSR count). The minimum absolute atomic E-state index is 0.193. The summed E-state index contributed by atoms with van der Waals surface area (Å²) in [4.78, 5) is 24.5. The van der Waals surface area contributed by atoms with Crippen molar-refractivity contribution in [2.24, 2.45) is 0 Å². The first-order chi connectivity index (χ1) is 14.5. The van der Waals surface area contributed by atoms with Gasteiger partial charge in [-0.15, -0.1) is 0 Å². The van der Waals surface area contributed by atoms with Gasteiger partial charge in [-0.05, 0) is 29.3 Å². The number of ether oxygens (including phenoxy) is 2. The molecule has 2 aliphatic rings. The van der Waals surface area contributed by atoms with Crippen LogP contribution < -0.4 is 10.2 Å². The lowest BCUT2D eigenvalue weighted by atomic mass is 10.0. The number of benzene rings is 2. The van der Waals surface area contributed by atoms with Crippen LogP contribution in [0.4, 0.5) is 14.9 Å². The van der Waals surface area contributed by atoms with E-state index in [4.69, 9.17) is 9.47 Å². The lowest BCUT2D eigenvalue weighted by molar-refractivity contribution is -0.119. The standard InChI is InChI=1S/C22H23FN2O4S/c1-14(26)24-9-18-10-25(22(27)29-18)17-6-7-20(21(23)8-17)16-4-2-15(3-5-16)12-30-13-19-11-28-19/h2-8,18-19H,9-13H2,1H3,(H,24,26)/t18-,19?/m0/s1. The molecule has 2 aliphatic heterocycles. The maximum atomic E-state index is 14.8. The normalized spacial score (nSPS) is 20.2. The molecule has 2 aromatic carbocycles. The summed E-state index contributed by atoms with van der Waals surface area (Å²) >= 11 is 1.83. The highest BCUT2D eigenvalue weighted by atomic mass is 32.2. The fraction of sp³-hybridized carbons (Fsp3) is 0.364. The van der Waals surface area contributed by atoms with Gasteiger partial charge in [-0.2, -0.15) is 11.8 Å². The van der Waals surface area contributed by atoms with Gasteiger partial charge in [0.2, 0.25) is 5.91 Å². The number of anilines is 1. The highest BCUT2D eigenvalue weighted by molar-refractivity contribution is 7.98. The molecule has 2 saturated heterocycles. The number of hydrogen-bond acceptors (Lipinski definition) is 5. The van der Waals surface area contributed by atoms with Gasteiger partial charge in [0.15, 0.2) is 0 Å². The highest BCUT2D eigenvalue weighted by Crippen LogP contribution is 2.30. The van der Waals surface area contributed by atoms with Crippen molar-refractivity contribution >= 4 is 29.4 Å². The molecule has 30 heavy (non-hydrogen) atoms. The third-order valence-corrected chi connectivity index (χ3v) is 6.10. The van der Waals surface area contributed by atoms with Gasteiger partial charge >= 0.3 is 6.09 Å². The van der Waals surface area contributed by atoms with Crippen molar-refractivity contribution in [2.45, 2.75) is 24.9 Å². The van der Waals surface area contributed by atoms with E-state index in [9.17, 15) is 14.0 Å². The molecular formula is C22H23FN2O4S. The van der Waals surface area contributed by atoms with Gasteiger partial charge in [0.05, 0.1) is 31.5 Å². The van der Waals surface area contributed by atoms with Gasteiger partial charge in [-0.3, -0.25) is 9.69 Å². The molecule has 0 aliphatic carbocycles. The fourth-order valence-corrected chi connectivity index (χ4v) is 4.26. The second-order valence-corrected chi connectivity index (χ2v) is 8.42. The zero-order chi connectivity index (χ0) is 21.1. The van der Waals surface area contributed by atoms with Crippen molar-refractivity contribution in [3.63, 3.8) is 0 Å². The van der Waals surface area contributed by atoms with Gasteiger partial charge in [-0.25, -0.2) is 9.18 Å². The average Bonchev–Trinajstić information content (AvgIpc) is 3.47. The van der Waals surface area contributed by atoms with Crippen molar-refractivity contribution in [3.8, 4) is 11.1 Å². The molecule has 158 valence electrons. The molecule has 2 heterocycles. The van der Waals surface area contributed by atoms with Crippen LogP contribution in [-0.2, 0) is 20.0 Å². The number of hydrogen-bond donors (Lipinski definition) is 1. The number of carbonyl (C=O) groups excluding carboxylic acids is 2. The maximum absolute atomic E-state index is 14.8. The van der Waals surface area contributed by atoms with Gasteiger partial charge < -0.3 is 14.8 Å². The van der Waals surface area contributed by atoms with Gasteiger partial charge in [-0.1, -0.05) is 24.3 Å². The molecule has 8 heteroatoms. The van der Waals surface area contributed by atoms with E-state index in [1.807, 2.05) is 36.0 Å². The number of nitrogens with zero attached hydrogens (tertiary/aromatic N) is 1. The zero-order valence-corrected chi connectivity index (χ0v) is 17.4. The molecule has 0 radical (unpaired) electrons. The molecule has 0 spiro atoms. The Bertz CT molecular complexity index is 933. The fourth-order valence-electron chi connectivity index (χ4n) is 3.26. The van der Waals surface area contributed by atoms with Crippen LogP contribution in [0.3, 0.4) is 0 Å². The second kappa shape index (κ2) is 9.06. The van der Waals surface area contributed by atoms with Crippen molar-refractivity contribution in [3.05, 3.63) is 53.8 Å². The van der Waals surface area contributed by atoms with Gasteiger partial charge in [0.1, 0.15) is 11.9 Å². The molecule has 2 fully saturated rings. The topological polar surface area (TPSA) is 71.2 Å². The summed E-state index contributed by atoms with van der Waals surface area (Å²) in [5, 5.41) is 2.62. The Kier molecular flexibility index (Phi) is 6.24. The van der Waals surface area contributed by atoms with Crippen molar-refractivity contribution in [1.29, 1.82) is 0 Å². The number of amides is 2. The quantitative estimate of drug-likeness (QED) is 0.648. The van der Waals surface area contributed by atoms with Gasteiger partial charge in [0, 0.05) is 24.0 Å². The van der Waals surface area contributed by atoms with Crippen LogP contribution in [-0.4, -0.2) is 49.7 Å². The minimum atomic E-state index is -0.545. The molecule has 2 aromatic rings. The minimum Gasteiger partial charge on any atom is -0.442 e. The van der Waals surface area contributed by atoms with Crippen LogP contribution in [0.2, 0.25) is 0 Å².